The maximum atomic E-state index is 6.11. The minimum absolute atomic E-state index is 0. The van der Waals surface area contributed by atoms with Gasteiger partial charge in [-0.1, -0.05) is 30.3 Å². The van der Waals surface area contributed by atoms with Crippen LogP contribution in [0.4, 0.5) is 5.69 Å². The van der Waals surface area contributed by atoms with Crippen LogP contribution in [0.2, 0.25) is 0 Å². The van der Waals surface area contributed by atoms with E-state index < -0.39 is 0 Å². The number of anilines is 1. The van der Waals surface area contributed by atoms with Gasteiger partial charge in [-0.25, -0.2) is 4.99 Å². The van der Waals surface area contributed by atoms with E-state index in [9.17, 15) is 0 Å². The van der Waals surface area contributed by atoms with Crippen LogP contribution in [0.1, 0.15) is 40.7 Å². The van der Waals surface area contributed by atoms with Gasteiger partial charge in [-0.15, -0.1) is 24.0 Å². The Labute approximate surface area is 165 Å². The molecule has 4 nitrogen and oxygen atoms in total. The Kier molecular flexibility index (Phi) is 5.96. The lowest BCUT2D eigenvalue weighted by Gasteiger charge is -2.19. The lowest BCUT2D eigenvalue weighted by atomic mass is 9.90. The van der Waals surface area contributed by atoms with Gasteiger partial charge in [0.25, 0.3) is 0 Å². The standard InChI is InChI=1S/C20H23N3O.HI/c21-20(22-11-14-8-9-16-12-24-13-17(16)10-14)23-19-7-3-5-15-4-1-2-6-18(15)19;/h3,5,7-10H,1-2,4,6,11-13H2,(H3,21,22,23);1H. The maximum absolute atomic E-state index is 6.11. The van der Waals surface area contributed by atoms with E-state index in [1.165, 1.54) is 47.1 Å². The van der Waals surface area contributed by atoms with E-state index in [0.29, 0.717) is 19.1 Å². The molecule has 0 bridgehead atoms. The van der Waals surface area contributed by atoms with Crippen LogP contribution in [0.3, 0.4) is 0 Å². The number of benzene rings is 2. The van der Waals surface area contributed by atoms with Crippen LogP contribution in [0, 0.1) is 0 Å². The van der Waals surface area contributed by atoms with Crippen molar-refractivity contribution in [1.82, 2.24) is 0 Å². The highest BCUT2D eigenvalue weighted by Crippen LogP contribution is 2.27. The monoisotopic (exact) mass is 449 g/mol. The molecule has 0 atom stereocenters. The SMILES string of the molecule is I.NC(=NCc1ccc2c(c1)COC2)Nc1cccc2c1CCCC2. The van der Waals surface area contributed by atoms with Crippen molar-refractivity contribution in [3.63, 3.8) is 0 Å². The molecule has 0 radical (unpaired) electrons. The summed E-state index contributed by atoms with van der Waals surface area (Å²) in [5.74, 6) is 0.478. The van der Waals surface area contributed by atoms with Gasteiger partial charge in [0.05, 0.1) is 19.8 Å². The van der Waals surface area contributed by atoms with Crippen LogP contribution < -0.4 is 11.1 Å². The van der Waals surface area contributed by atoms with Gasteiger partial charge in [-0.3, -0.25) is 0 Å². The Balaban J connectivity index is 0.00000182. The zero-order valence-electron chi connectivity index (χ0n) is 14.3. The van der Waals surface area contributed by atoms with Crippen LogP contribution >= 0.6 is 24.0 Å². The molecule has 2 aromatic rings. The van der Waals surface area contributed by atoms with Gasteiger partial charge >= 0.3 is 0 Å². The zero-order valence-corrected chi connectivity index (χ0v) is 16.6. The normalized spacial score (nSPS) is 15.9. The molecule has 132 valence electrons. The van der Waals surface area contributed by atoms with Gasteiger partial charge in [-0.05, 0) is 59.6 Å². The van der Waals surface area contributed by atoms with Crippen molar-refractivity contribution in [3.8, 4) is 0 Å². The molecular weight excluding hydrogens is 425 g/mol. The Morgan fingerprint density at radius 1 is 1.04 bits per heavy atom. The van der Waals surface area contributed by atoms with Gasteiger partial charge in [0, 0.05) is 5.69 Å². The average Bonchev–Trinajstić information content (AvgIpc) is 3.08. The molecule has 1 aliphatic heterocycles. The smallest absolute Gasteiger partial charge is 0.193 e. The molecule has 3 N–H and O–H groups in total. The van der Waals surface area contributed by atoms with Gasteiger partial charge in [0.2, 0.25) is 0 Å². The van der Waals surface area contributed by atoms with E-state index in [0.717, 1.165) is 18.7 Å². The molecule has 0 amide bonds. The number of aryl methyl sites for hydroxylation is 1. The largest absolute Gasteiger partial charge is 0.372 e. The Hall–Kier alpha value is -1.60. The minimum atomic E-state index is 0. The van der Waals surface area contributed by atoms with Gasteiger partial charge in [0.1, 0.15) is 0 Å². The predicted octanol–water partition coefficient (Wildman–Crippen LogP) is 4.14. The van der Waals surface area contributed by atoms with Gasteiger partial charge in [0.15, 0.2) is 5.96 Å². The van der Waals surface area contributed by atoms with Crippen molar-refractivity contribution in [2.24, 2.45) is 10.7 Å². The summed E-state index contributed by atoms with van der Waals surface area (Å²) in [5.41, 5.74) is 13.8. The van der Waals surface area contributed by atoms with Crippen molar-refractivity contribution in [2.45, 2.75) is 45.4 Å². The lowest BCUT2D eigenvalue weighted by Crippen LogP contribution is -2.24. The molecule has 2 aliphatic rings. The summed E-state index contributed by atoms with van der Waals surface area (Å²) in [4.78, 5) is 4.51. The number of nitrogens with zero attached hydrogens (tertiary/aromatic N) is 1. The molecule has 25 heavy (non-hydrogen) atoms. The van der Waals surface area contributed by atoms with Crippen LogP contribution in [0.5, 0.6) is 0 Å². The first-order chi connectivity index (χ1) is 11.8. The zero-order chi connectivity index (χ0) is 16.4. The van der Waals surface area contributed by atoms with E-state index in [1.54, 1.807) is 0 Å². The van der Waals surface area contributed by atoms with Crippen molar-refractivity contribution in [3.05, 3.63) is 64.2 Å². The first-order valence-electron chi connectivity index (χ1n) is 8.66. The molecule has 4 rings (SSSR count). The summed E-state index contributed by atoms with van der Waals surface area (Å²) >= 11 is 0. The quantitative estimate of drug-likeness (QED) is 0.421. The highest BCUT2D eigenvalue weighted by atomic mass is 127. The fourth-order valence-corrected chi connectivity index (χ4v) is 3.58. The lowest BCUT2D eigenvalue weighted by molar-refractivity contribution is 0.134. The fourth-order valence-electron chi connectivity index (χ4n) is 3.58. The molecule has 0 saturated heterocycles. The van der Waals surface area contributed by atoms with Crippen LogP contribution in [-0.2, 0) is 37.3 Å². The molecule has 2 aromatic carbocycles. The van der Waals surface area contributed by atoms with Crippen LogP contribution in [0.25, 0.3) is 0 Å². The molecule has 0 aromatic heterocycles. The molecule has 1 aliphatic carbocycles. The summed E-state index contributed by atoms with van der Waals surface area (Å²) in [6.07, 6.45) is 4.82. The fraction of sp³-hybridized carbons (Fsp3) is 0.350. The first kappa shape index (κ1) is 18.2. The summed E-state index contributed by atoms with van der Waals surface area (Å²) < 4.78 is 5.45. The second kappa shape index (κ2) is 8.19. The third-order valence-electron chi connectivity index (χ3n) is 4.88. The Bertz CT molecular complexity index is 789. The molecule has 1 heterocycles. The summed E-state index contributed by atoms with van der Waals surface area (Å²) in [7, 11) is 0. The number of hydrogen-bond acceptors (Lipinski definition) is 2. The number of rotatable bonds is 3. The van der Waals surface area contributed by atoms with Gasteiger partial charge in [-0.2, -0.15) is 0 Å². The predicted molar refractivity (Wildman–Crippen MR) is 112 cm³/mol. The number of halogens is 1. The third-order valence-corrected chi connectivity index (χ3v) is 4.88. The van der Waals surface area contributed by atoms with E-state index in [4.69, 9.17) is 10.5 Å². The molecule has 5 heteroatoms. The first-order valence-corrected chi connectivity index (χ1v) is 8.66. The average molecular weight is 449 g/mol. The topological polar surface area (TPSA) is 59.6 Å². The maximum Gasteiger partial charge on any atom is 0.193 e. The molecule has 0 saturated carbocycles. The highest BCUT2D eigenvalue weighted by Gasteiger charge is 2.13. The number of fused-ring (bicyclic) bond motifs is 2. The summed E-state index contributed by atoms with van der Waals surface area (Å²) in [6, 6.07) is 12.8. The summed E-state index contributed by atoms with van der Waals surface area (Å²) in [5, 5.41) is 3.30. The molecule has 0 unspecified atom stereocenters. The number of nitrogens with one attached hydrogen (secondary N) is 1. The van der Waals surface area contributed by atoms with Crippen LogP contribution in [-0.4, -0.2) is 5.96 Å². The highest BCUT2D eigenvalue weighted by molar-refractivity contribution is 14.0. The summed E-state index contributed by atoms with van der Waals surface area (Å²) in [6.45, 7) is 2.01. The van der Waals surface area contributed by atoms with E-state index in [2.05, 4.69) is 46.7 Å². The van der Waals surface area contributed by atoms with Crippen LogP contribution in [0.15, 0.2) is 41.4 Å². The van der Waals surface area contributed by atoms with Gasteiger partial charge < -0.3 is 15.8 Å². The molecule has 0 spiro atoms. The third kappa shape index (κ3) is 4.15. The van der Waals surface area contributed by atoms with Crippen molar-refractivity contribution in [1.29, 1.82) is 0 Å². The second-order valence-corrected chi connectivity index (χ2v) is 6.57. The van der Waals surface area contributed by atoms with Crippen molar-refractivity contribution in [2.75, 3.05) is 5.32 Å². The van der Waals surface area contributed by atoms with E-state index in [1.807, 2.05) is 0 Å². The van der Waals surface area contributed by atoms with E-state index >= 15 is 0 Å². The van der Waals surface area contributed by atoms with E-state index in [-0.39, 0.29) is 24.0 Å². The minimum Gasteiger partial charge on any atom is -0.372 e. The number of guanidine groups is 1. The van der Waals surface area contributed by atoms with Crippen molar-refractivity contribution < 1.29 is 4.74 Å². The molecule has 0 fully saturated rings. The molecular formula is C20H24IN3O. The number of nitrogens with two attached hydrogens (primary N) is 1. The van der Waals surface area contributed by atoms with Crippen molar-refractivity contribution >= 4 is 35.6 Å². The number of ether oxygens (including phenoxy) is 1. The number of hydrogen-bond donors (Lipinski definition) is 2. The Morgan fingerprint density at radius 2 is 1.88 bits per heavy atom. The number of aliphatic imine (C=N–C) groups is 1. The second-order valence-electron chi connectivity index (χ2n) is 6.57. The Morgan fingerprint density at radius 3 is 2.80 bits per heavy atom.